The molecule has 2 fully saturated rings. The molecule has 64 heavy (non-hydrogen) atoms. The van der Waals surface area contributed by atoms with Crippen LogP contribution in [0, 0.1) is 11.6 Å². The predicted molar refractivity (Wildman–Crippen MR) is 237 cm³/mol. The third-order valence-electron chi connectivity index (χ3n) is 10.7. The number of aromatic nitrogens is 2. The first-order valence-corrected chi connectivity index (χ1v) is 21.8. The Balaban J connectivity index is 0.895. The van der Waals surface area contributed by atoms with E-state index in [9.17, 15) is 23.2 Å². The molecule has 0 aliphatic carbocycles. The monoisotopic (exact) mass is 894 g/mol. The Bertz CT molecular complexity index is 2080. The third-order valence-corrected chi connectivity index (χ3v) is 10.7. The lowest BCUT2D eigenvalue weighted by Gasteiger charge is -2.36. The van der Waals surface area contributed by atoms with E-state index in [4.69, 9.17) is 34.2 Å². The summed E-state index contributed by atoms with van der Waals surface area (Å²) in [5.74, 6) is -1.71. The van der Waals surface area contributed by atoms with Gasteiger partial charge in [-0.3, -0.25) is 24.4 Å². The number of primary amides is 1. The van der Waals surface area contributed by atoms with E-state index in [1.807, 2.05) is 36.4 Å². The van der Waals surface area contributed by atoms with Crippen molar-refractivity contribution < 1.29 is 51.6 Å². The Morgan fingerprint density at radius 3 is 2.06 bits per heavy atom. The Morgan fingerprint density at radius 2 is 1.41 bits per heavy atom. The molecule has 3 aromatic carbocycles. The Hall–Kier alpha value is -5.28. The van der Waals surface area contributed by atoms with Crippen LogP contribution in [0.3, 0.4) is 0 Å². The van der Waals surface area contributed by atoms with Crippen LogP contribution in [0.25, 0.3) is 10.9 Å². The van der Waals surface area contributed by atoms with Gasteiger partial charge >= 0.3 is 0 Å². The van der Waals surface area contributed by atoms with Gasteiger partial charge in [0.25, 0.3) is 5.91 Å². The van der Waals surface area contributed by atoms with Crippen molar-refractivity contribution in [1.29, 1.82) is 0 Å². The molecule has 2 aliphatic heterocycles. The van der Waals surface area contributed by atoms with Crippen molar-refractivity contribution in [3.63, 3.8) is 0 Å². The number of benzene rings is 3. The molecule has 0 unspecified atom stereocenters. The predicted octanol–water partition coefficient (Wildman–Crippen LogP) is 3.47. The van der Waals surface area contributed by atoms with E-state index in [2.05, 4.69) is 35.9 Å². The van der Waals surface area contributed by atoms with Crippen LogP contribution in [-0.4, -0.2) is 157 Å². The van der Waals surface area contributed by atoms with Gasteiger partial charge in [0.05, 0.1) is 83.7 Å². The molecule has 0 bridgehead atoms. The number of nitrogens with one attached hydrogen (secondary N) is 4. The molecule has 3 amide bonds. The van der Waals surface area contributed by atoms with Crippen molar-refractivity contribution in [1.82, 2.24) is 20.4 Å². The highest BCUT2D eigenvalue weighted by atomic mass is 19.1. The number of ether oxygens (including phenoxy) is 6. The second-order valence-electron chi connectivity index (χ2n) is 15.5. The van der Waals surface area contributed by atoms with Gasteiger partial charge in [-0.25, -0.2) is 8.78 Å². The Kier molecular flexibility index (Phi) is 19.5. The van der Waals surface area contributed by atoms with E-state index in [1.165, 1.54) is 12.1 Å². The van der Waals surface area contributed by atoms with Crippen molar-refractivity contribution in [2.45, 2.75) is 31.7 Å². The second kappa shape index (κ2) is 25.9. The van der Waals surface area contributed by atoms with E-state index in [-0.39, 0.29) is 30.8 Å². The van der Waals surface area contributed by atoms with Crippen molar-refractivity contribution in [2.75, 3.05) is 134 Å². The largest absolute Gasteiger partial charge is 0.381 e. The highest BCUT2D eigenvalue weighted by Crippen LogP contribution is 2.29. The number of aromatic amines is 1. The number of hydrogen-bond donors (Lipinski definition) is 5. The molecule has 0 atom stereocenters. The standard InChI is InChI=1S/C45H60F2N8O9/c46-34-26-33(27-35(47)29-34)25-32-1-4-40-39(28-32)44(53-52-40)51-45(58)38-3-2-37(30-41(38)50-36-5-13-59-14-6-36)55-11-9-54(10-12-55)31-43(57)49-8-16-61-18-20-63-22-24-64-23-21-62-19-17-60-15-7-42(48)56/h1-4,26-30,36,50H,5-25,31H2,(H2,48,56)(H,49,57)(H2,51,52,53,58). The van der Waals surface area contributed by atoms with E-state index >= 15 is 0 Å². The molecule has 0 radical (unpaired) electrons. The summed E-state index contributed by atoms with van der Waals surface area (Å²) < 4.78 is 60.5. The number of nitrogens with zero attached hydrogens (tertiary/aromatic N) is 3. The smallest absolute Gasteiger partial charge is 0.258 e. The molecule has 0 saturated carbocycles. The fourth-order valence-corrected chi connectivity index (χ4v) is 7.34. The van der Waals surface area contributed by atoms with Gasteiger partial charge in [0.1, 0.15) is 11.6 Å². The number of H-pyrrole nitrogens is 1. The topological polar surface area (TPSA) is 204 Å². The SMILES string of the molecule is NC(=O)CCOCCOCCOCCOCCOCCNC(=O)CN1CCN(c2ccc(C(=O)Nc3n[nH]c4ccc(Cc5cc(F)cc(F)c5)cc34)c(NC3CCOCC3)c2)CC1. The number of piperazine rings is 1. The minimum atomic E-state index is -0.636. The molecule has 1 aromatic heterocycles. The maximum absolute atomic E-state index is 13.9. The lowest BCUT2D eigenvalue weighted by atomic mass is 10.0. The molecule has 6 rings (SSSR count). The highest BCUT2D eigenvalue weighted by molar-refractivity contribution is 6.11. The molecular formula is C45H60F2N8O9. The van der Waals surface area contributed by atoms with Crippen LogP contribution >= 0.6 is 0 Å². The van der Waals surface area contributed by atoms with Gasteiger partial charge in [-0.1, -0.05) is 6.07 Å². The molecule has 2 saturated heterocycles. The van der Waals surface area contributed by atoms with Crippen LogP contribution in [0.4, 0.5) is 26.0 Å². The molecule has 2 aliphatic rings. The Labute approximate surface area is 371 Å². The zero-order chi connectivity index (χ0) is 44.9. The maximum Gasteiger partial charge on any atom is 0.258 e. The van der Waals surface area contributed by atoms with Crippen molar-refractivity contribution >= 4 is 45.8 Å². The van der Waals surface area contributed by atoms with E-state index < -0.39 is 17.5 Å². The normalized spacial score (nSPS) is 14.8. The van der Waals surface area contributed by atoms with Crippen LogP contribution in [0.1, 0.15) is 40.7 Å². The number of carbonyl (C=O) groups excluding carboxylic acids is 3. The number of amides is 3. The van der Waals surface area contributed by atoms with Gasteiger partial charge in [-0.15, -0.1) is 0 Å². The minimum Gasteiger partial charge on any atom is -0.381 e. The lowest BCUT2D eigenvalue weighted by molar-refractivity contribution is -0.122. The van der Waals surface area contributed by atoms with Crippen molar-refractivity contribution in [3.05, 3.63) is 82.9 Å². The first kappa shape index (κ1) is 48.2. The summed E-state index contributed by atoms with van der Waals surface area (Å²) >= 11 is 0. The molecule has 348 valence electrons. The van der Waals surface area contributed by atoms with Gasteiger partial charge in [-0.05, 0) is 72.9 Å². The van der Waals surface area contributed by atoms with Crippen LogP contribution in [0.5, 0.6) is 0 Å². The number of halogens is 2. The maximum atomic E-state index is 13.9. The van der Waals surface area contributed by atoms with Crippen LogP contribution in [0.2, 0.25) is 0 Å². The minimum absolute atomic E-state index is 0.0637. The van der Waals surface area contributed by atoms with Gasteiger partial charge < -0.3 is 55.0 Å². The van der Waals surface area contributed by atoms with E-state index in [1.54, 1.807) is 0 Å². The summed E-state index contributed by atoms with van der Waals surface area (Å²) in [4.78, 5) is 41.7. The van der Waals surface area contributed by atoms with Crippen molar-refractivity contribution in [3.8, 4) is 0 Å². The van der Waals surface area contributed by atoms with Crippen LogP contribution < -0.4 is 26.6 Å². The molecule has 6 N–H and O–H groups in total. The molecular weight excluding hydrogens is 835 g/mol. The number of fused-ring (bicyclic) bond motifs is 1. The lowest BCUT2D eigenvalue weighted by Crippen LogP contribution is -2.49. The average Bonchev–Trinajstić information content (AvgIpc) is 3.67. The van der Waals surface area contributed by atoms with Gasteiger partial charge in [-0.2, -0.15) is 5.10 Å². The summed E-state index contributed by atoms with van der Waals surface area (Å²) in [6, 6.07) is 14.9. The zero-order valence-corrected chi connectivity index (χ0v) is 36.2. The van der Waals surface area contributed by atoms with E-state index in [0.717, 1.165) is 30.2 Å². The molecule has 0 spiro atoms. The second-order valence-corrected chi connectivity index (χ2v) is 15.5. The highest BCUT2D eigenvalue weighted by Gasteiger charge is 2.23. The number of hydrogen-bond acceptors (Lipinski definition) is 13. The summed E-state index contributed by atoms with van der Waals surface area (Å²) in [6.07, 6.45) is 2.12. The summed E-state index contributed by atoms with van der Waals surface area (Å²) in [5, 5.41) is 17.5. The first-order chi connectivity index (χ1) is 31.2. The van der Waals surface area contributed by atoms with E-state index in [0.29, 0.717) is 152 Å². The molecule has 19 heteroatoms. The molecule has 17 nitrogen and oxygen atoms in total. The number of anilines is 3. The molecule has 4 aromatic rings. The number of nitrogens with two attached hydrogens (primary N) is 1. The fraction of sp³-hybridized carbons (Fsp3) is 0.511. The summed E-state index contributed by atoms with van der Waals surface area (Å²) in [7, 11) is 0. The number of rotatable bonds is 27. The van der Waals surface area contributed by atoms with Crippen LogP contribution in [0.15, 0.2) is 54.6 Å². The van der Waals surface area contributed by atoms with Gasteiger partial charge in [0.2, 0.25) is 11.8 Å². The summed E-state index contributed by atoms with van der Waals surface area (Å²) in [5.41, 5.74) is 9.20. The van der Waals surface area contributed by atoms with Gasteiger partial charge in [0, 0.05) is 81.2 Å². The third kappa shape index (κ3) is 16.1. The van der Waals surface area contributed by atoms with Crippen molar-refractivity contribution in [2.24, 2.45) is 5.73 Å². The first-order valence-electron chi connectivity index (χ1n) is 21.8. The van der Waals surface area contributed by atoms with Crippen LogP contribution in [-0.2, 0) is 44.4 Å². The van der Waals surface area contributed by atoms with Gasteiger partial charge in [0.15, 0.2) is 5.82 Å². The summed E-state index contributed by atoms with van der Waals surface area (Å²) in [6.45, 7) is 8.80. The fourth-order valence-electron chi connectivity index (χ4n) is 7.34. The number of carbonyl (C=O) groups is 3. The Morgan fingerprint density at radius 1 is 0.766 bits per heavy atom. The average molecular weight is 895 g/mol. The quantitative estimate of drug-likeness (QED) is 0.0546. The molecule has 3 heterocycles. The zero-order valence-electron chi connectivity index (χ0n) is 36.2.